The van der Waals surface area contributed by atoms with Gasteiger partial charge in [-0.3, -0.25) is 9.97 Å². The van der Waals surface area contributed by atoms with Crippen molar-refractivity contribution in [2.45, 2.75) is 0 Å². The summed E-state index contributed by atoms with van der Waals surface area (Å²) >= 11 is 3.60. The standard InChI is InChI=1S/C19H14BNO2.C14H10BBrO2.C5H6BNO2/c22-20(23)19-16-7-3-1-5-14(16)18(13-9-11-21-12-10-13)15-6-2-4-8-17(15)19;16-14-11-7-3-1-5-9(11)13(15(17)18)10-6-2-4-8-12(10)14;8-6(9)5-1-3-7-4-2-5/h1-12,22-23H;1-8,17-18H;1-4,8-9H. The molecule has 0 aliphatic rings. The first-order chi connectivity index (χ1) is 24.3. The first-order valence-electron chi connectivity index (χ1n) is 15.7. The third kappa shape index (κ3) is 7.18. The molecule has 8 nitrogen and oxygen atoms in total. The van der Waals surface area contributed by atoms with Crippen LogP contribution in [0, 0.1) is 0 Å². The minimum atomic E-state index is -1.52. The van der Waals surface area contributed by atoms with Gasteiger partial charge in [-0.2, -0.15) is 0 Å². The average Bonchev–Trinajstić information content (AvgIpc) is 3.15. The molecule has 0 amide bonds. The third-order valence-corrected chi connectivity index (χ3v) is 9.22. The molecule has 2 heterocycles. The maximum Gasteiger partial charge on any atom is 0.489 e. The molecule has 0 aliphatic heterocycles. The zero-order valence-corrected chi connectivity index (χ0v) is 28.1. The van der Waals surface area contributed by atoms with Gasteiger partial charge in [0, 0.05) is 29.3 Å². The summed E-state index contributed by atoms with van der Waals surface area (Å²) in [5, 5.41) is 63.7. The maximum atomic E-state index is 9.93. The molecule has 0 bridgehead atoms. The lowest BCUT2D eigenvalue weighted by atomic mass is 9.72. The number of rotatable bonds is 4. The number of nitrogens with zero attached hydrogens (tertiary/aromatic N) is 2. The monoisotopic (exact) mass is 722 g/mol. The lowest BCUT2D eigenvalue weighted by molar-refractivity contribution is 0.424. The van der Waals surface area contributed by atoms with Gasteiger partial charge in [0.2, 0.25) is 0 Å². The van der Waals surface area contributed by atoms with E-state index in [1.54, 1.807) is 24.5 Å². The molecule has 12 heteroatoms. The van der Waals surface area contributed by atoms with Crippen LogP contribution in [0.3, 0.4) is 0 Å². The lowest BCUT2D eigenvalue weighted by Gasteiger charge is -2.16. The van der Waals surface area contributed by atoms with Crippen LogP contribution in [0.5, 0.6) is 0 Å². The fraction of sp³-hybridized carbons (Fsp3) is 0. The minimum Gasteiger partial charge on any atom is -0.423 e. The Kier molecular flexibility index (Phi) is 11.0. The molecule has 6 aromatic carbocycles. The molecule has 0 radical (unpaired) electrons. The summed E-state index contributed by atoms with van der Waals surface area (Å²) in [6, 6.07) is 38.1. The van der Waals surface area contributed by atoms with Crippen molar-refractivity contribution < 1.29 is 30.1 Å². The van der Waals surface area contributed by atoms with Gasteiger partial charge >= 0.3 is 21.4 Å². The summed E-state index contributed by atoms with van der Waals surface area (Å²) in [6.45, 7) is 0. The molecule has 8 aromatic rings. The number of fused-ring (bicyclic) bond motifs is 4. The first-order valence-corrected chi connectivity index (χ1v) is 16.5. The van der Waals surface area contributed by atoms with Crippen molar-refractivity contribution in [1.82, 2.24) is 9.97 Å². The molecule has 0 aliphatic carbocycles. The fourth-order valence-electron chi connectivity index (χ4n) is 6.19. The predicted molar refractivity (Wildman–Crippen MR) is 208 cm³/mol. The SMILES string of the molecule is OB(O)c1c2ccccc2c(-c2ccncc2)c2ccccc12.OB(O)c1c2ccccc2c(Br)c2ccccc12.OB(O)c1ccncc1. The van der Waals surface area contributed by atoms with Gasteiger partial charge in [-0.1, -0.05) is 97.1 Å². The molecule has 0 saturated heterocycles. The molecular formula is C38H30B3BrN2O6. The van der Waals surface area contributed by atoms with Crippen molar-refractivity contribution in [2.75, 3.05) is 0 Å². The van der Waals surface area contributed by atoms with Crippen LogP contribution in [0.4, 0.5) is 0 Å². The fourth-order valence-corrected chi connectivity index (χ4v) is 6.88. The third-order valence-electron chi connectivity index (χ3n) is 8.37. The summed E-state index contributed by atoms with van der Waals surface area (Å²) in [5.74, 6) is 0. The summed E-state index contributed by atoms with van der Waals surface area (Å²) in [6.07, 6.45) is 6.56. The molecule has 8 rings (SSSR count). The van der Waals surface area contributed by atoms with Gasteiger partial charge in [-0.05, 0) is 111 Å². The number of benzene rings is 6. The normalized spacial score (nSPS) is 10.7. The van der Waals surface area contributed by atoms with Crippen LogP contribution in [0.25, 0.3) is 54.2 Å². The van der Waals surface area contributed by atoms with Gasteiger partial charge in [0.1, 0.15) is 0 Å². The van der Waals surface area contributed by atoms with E-state index in [2.05, 4.69) is 25.9 Å². The van der Waals surface area contributed by atoms with Crippen molar-refractivity contribution in [1.29, 1.82) is 0 Å². The van der Waals surface area contributed by atoms with Gasteiger partial charge in [0.05, 0.1) is 0 Å². The Hall–Kier alpha value is -4.91. The highest BCUT2D eigenvalue weighted by atomic mass is 79.9. The van der Waals surface area contributed by atoms with Crippen molar-refractivity contribution in [2.24, 2.45) is 0 Å². The summed E-state index contributed by atoms with van der Waals surface area (Å²) in [4.78, 5) is 7.80. The van der Waals surface area contributed by atoms with E-state index in [9.17, 15) is 20.1 Å². The highest BCUT2D eigenvalue weighted by Gasteiger charge is 2.22. The number of pyridine rings is 2. The minimum absolute atomic E-state index is 0.463. The van der Waals surface area contributed by atoms with Gasteiger partial charge in [0.25, 0.3) is 0 Å². The van der Waals surface area contributed by atoms with E-state index in [4.69, 9.17) is 10.0 Å². The summed E-state index contributed by atoms with van der Waals surface area (Å²) in [7, 11) is -4.38. The second-order valence-corrected chi connectivity index (χ2v) is 12.1. The second-order valence-electron chi connectivity index (χ2n) is 11.3. The molecule has 50 heavy (non-hydrogen) atoms. The number of aromatic nitrogens is 2. The Morgan fingerprint density at radius 3 is 1.04 bits per heavy atom. The molecule has 244 valence electrons. The summed E-state index contributed by atoms with van der Waals surface area (Å²) < 4.78 is 0.984. The number of halogens is 1. The van der Waals surface area contributed by atoms with Crippen LogP contribution in [-0.2, 0) is 0 Å². The van der Waals surface area contributed by atoms with Gasteiger partial charge in [-0.25, -0.2) is 0 Å². The molecule has 0 atom stereocenters. The maximum absolute atomic E-state index is 9.93. The zero-order valence-electron chi connectivity index (χ0n) is 26.5. The smallest absolute Gasteiger partial charge is 0.423 e. The van der Waals surface area contributed by atoms with E-state index in [1.165, 1.54) is 12.4 Å². The molecule has 6 N–H and O–H groups in total. The van der Waals surface area contributed by atoms with Gasteiger partial charge < -0.3 is 30.1 Å². The van der Waals surface area contributed by atoms with Crippen molar-refractivity contribution in [3.8, 4) is 11.1 Å². The molecule has 2 aromatic heterocycles. The lowest BCUT2D eigenvalue weighted by Crippen LogP contribution is -2.31. The molecular weight excluding hydrogens is 693 g/mol. The highest BCUT2D eigenvalue weighted by molar-refractivity contribution is 9.10. The van der Waals surface area contributed by atoms with Gasteiger partial charge in [-0.15, -0.1) is 0 Å². The molecule has 0 fully saturated rings. The Morgan fingerprint density at radius 1 is 0.380 bits per heavy atom. The van der Waals surface area contributed by atoms with Crippen molar-refractivity contribution in [3.63, 3.8) is 0 Å². The number of hydrogen-bond acceptors (Lipinski definition) is 8. The van der Waals surface area contributed by atoms with Gasteiger partial charge in [0.15, 0.2) is 0 Å². The van der Waals surface area contributed by atoms with E-state index in [0.717, 1.165) is 58.7 Å². The Bertz CT molecular complexity index is 2290. The average molecular weight is 723 g/mol. The molecule has 0 unspecified atom stereocenters. The Balaban J connectivity index is 0.000000142. The van der Waals surface area contributed by atoms with Crippen LogP contribution >= 0.6 is 15.9 Å². The zero-order chi connectivity index (χ0) is 35.2. The van der Waals surface area contributed by atoms with E-state index in [1.807, 2.05) is 109 Å². The highest BCUT2D eigenvalue weighted by Crippen LogP contribution is 2.35. The van der Waals surface area contributed by atoms with E-state index in [0.29, 0.717) is 16.4 Å². The van der Waals surface area contributed by atoms with Crippen LogP contribution in [0.15, 0.2) is 151 Å². The van der Waals surface area contributed by atoms with E-state index >= 15 is 0 Å². The Labute approximate surface area is 297 Å². The Morgan fingerprint density at radius 2 is 0.700 bits per heavy atom. The van der Waals surface area contributed by atoms with Crippen molar-refractivity contribution >= 4 is 96.8 Å². The van der Waals surface area contributed by atoms with Crippen LogP contribution in [0.2, 0.25) is 0 Å². The van der Waals surface area contributed by atoms with Crippen LogP contribution < -0.4 is 16.4 Å². The largest absolute Gasteiger partial charge is 0.489 e. The second kappa shape index (κ2) is 15.8. The molecule has 0 saturated carbocycles. The van der Waals surface area contributed by atoms with E-state index in [-0.39, 0.29) is 0 Å². The first kappa shape index (κ1) is 34.9. The number of hydrogen-bond donors (Lipinski definition) is 6. The van der Waals surface area contributed by atoms with Crippen molar-refractivity contribution in [3.05, 3.63) is 151 Å². The summed E-state index contributed by atoms with van der Waals surface area (Å²) in [5.41, 5.74) is 3.72. The quantitative estimate of drug-likeness (QED) is 0.118. The topological polar surface area (TPSA) is 147 Å². The van der Waals surface area contributed by atoms with Crippen LogP contribution in [0.1, 0.15) is 0 Å². The molecule has 0 spiro atoms. The predicted octanol–water partition coefficient (Wildman–Crippen LogP) is 3.93. The van der Waals surface area contributed by atoms with E-state index < -0.39 is 21.4 Å². The van der Waals surface area contributed by atoms with Crippen LogP contribution in [-0.4, -0.2) is 61.5 Å².